The van der Waals surface area contributed by atoms with Gasteiger partial charge in [0.15, 0.2) is 5.11 Å². The molecule has 2 rings (SSSR count). The zero-order valence-electron chi connectivity index (χ0n) is 13.5. The van der Waals surface area contributed by atoms with E-state index in [1.54, 1.807) is 36.4 Å². The minimum Gasteiger partial charge on any atom is -0.352 e. The summed E-state index contributed by atoms with van der Waals surface area (Å²) < 4.78 is 13.5. The smallest absolute Gasteiger partial charge is 0.251 e. The van der Waals surface area contributed by atoms with Crippen LogP contribution in [0.15, 0.2) is 48.5 Å². The molecule has 6 nitrogen and oxygen atoms in total. The van der Waals surface area contributed by atoms with E-state index in [9.17, 15) is 14.0 Å². The number of para-hydroxylation sites is 1. The summed E-state index contributed by atoms with van der Waals surface area (Å²) in [5.74, 6) is -1.16. The minimum absolute atomic E-state index is 0.0358. The Hall–Kier alpha value is -2.71. The van der Waals surface area contributed by atoms with Crippen molar-refractivity contribution in [3.8, 4) is 0 Å². The number of carbonyl (C=O) groups excluding carboxylic acids is 2. The van der Waals surface area contributed by atoms with E-state index in [0.29, 0.717) is 10.6 Å². The topological polar surface area (TPSA) is 82.3 Å². The van der Waals surface area contributed by atoms with Crippen molar-refractivity contribution < 1.29 is 14.0 Å². The fraction of sp³-hybridized carbons (Fsp3) is 0.118. The van der Waals surface area contributed by atoms with Gasteiger partial charge in [0.2, 0.25) is 5.91 Å². The number of halogens is 2. The summed E-state index contributed by atoms with van der Waals surface area (Å²) in [7, 11) is 0. The van der Waals surface area contributed by atoms with Crippen LogP contribution in [0.25, 0.3) is 0 Å². The Balaban J connectivity index is 1.67. The summed E-state index contributed by atoms with van der Waals surface area (Å²) >= 11 is 10.7. The fourth-order valence-electron chi connectivity index (χ4n) is 1.90. The van der Waals surface area contributed by atoms with Crippen molar-refractivity contribution in [2.75, 3.05) is 11.9 Å². The largest absolute Gasteiger partial charge is 0.352 e. The van der Waals surface area contributed by atoms with Gasteiger partial charge in [-0.05, 0) is 48.6 Å². The molecule has 2 aromatic carbocycles. The van der Waals surface area contributed by atoms with Crippen LogP contribution in [-0.4, -0.2) is 23.5 Å². The minimum atomic E-state index is -0.465. The summed E-state index contributed by atoms with van der Waals surface area (Å²) in [6.45, 7) is 0.141. The Bertz CT molecular complexity index is 802. The molecule has 0 radical (unpaired) electrons. The van der Waals surface area contributed by atoms with Gasteiger partial charge in [-0.2, -0.15) is 0 Å². The molecule has 0 fully saturated rings. The lowest BCUT2D eigenvalue weighted by molar-refractivity contribution is -0.121. The second kappa shape index (κ2) is 9.69. The van der Waals surface area contributed by atoms with Gasteiger partial charge in [0.25, 0.3) is 5.91 Å². The molecule has 2 aromatic rings. The molecule has 9 heteroatoms. The van der Waals surface area contributed by atoms with Crippen molar-refractivity contribution in [2.24, 2.45) is 0 Å². The lowest BCUT2D eigenvalue weighted by Crippen LogP contribution is -2.44. The highest BCUT2D eigenvalue weighted by atomic mass is 35.5. The average molecular weight is 395 g/mol. The number of rotatable bonds is 5. The molecule has 0 unspecified atom stereocenters. The molecular formula is C17H16ClFN4O2S. The average Bonchev–Trinajstić information content (AvgIpc) is 2.62. The Labute approximate surface area is 160 Å². The standard InChI is InChI=1S/C17H16ClFN4O2S/c18-12-7-5-11(6-8-12)16(25)20-10-9-15(24)22-23-17(26)21-14-4-2-1-3-13(14)19/h1-8H,9-10H2,(H,20,25)(H,22,24)(H2,21,23,26). The number of nitrogens with one attached hydrogen (secondary N) is 4. The predicted octanol–water partition coefficient (Wildman–Crippen LogP) is 2.62. The van der Waals surface area contributed by atoms with Gasteiger partial charge >= 0.3 is 0 Å². The van der Waals surface area contributed by atoms with Crippen LogP contribution in [0.4, 0.5) is 10.1 Å². The second-order valence-corrected chi connectivity index (χ2v) is 5.96. The SMILES string of the molecule is O=C(CCNC(=O)c1ccc(Cl)cc1)NNC(=S)Nc1ccccc1F. The molecule has 0 aliphatic rings. The third-order valence-electron chi connectivity index (χ3n) is 3.18. The second-order valence-electron chi connectivity index (χ2n) is 5.12. The molecule has 0 heterocycles. The van der Waals surface area contributed by atoms with Gasteiger partial charge in [-0.15, -0.1) is 0 Å². The Morgan fingerprint density at radius 2 is 1.73 bits per heavy atom. The van der Waals surface area contributed by atoms with E-state index >= 15 is 0 Å². The van der Waals surface area contributed by atoms with Crippen molar-refractivity contribution in [3.63, 3.8) is 0 Å². The third-order valence-corrected chi connectivity index (χ3v) is 3.64. The number of hydrazine groups is 1. The van der Waals surface area contributed by atoms with Crippen LogP contribution >= 0.6 is 23.8 Å². The van der Waals surface area contributed by atoms with E-state index < -0.39 is 5.82 Å². The normalized spacial score (nSPS) is 9.92. The molecule has 26 heavy (non-hydrogen) atoms. The maximum Gasteiger partial charge on any atom is 0.251 e. The molecule has 0 aliphatic carbocycles. The van der Waals surface area contributed by atoms with Crippen LogP contribution in [-0.2, 0) is 4.79 Å². The molecular weight excluding hydrogens is 379 g/mol. The van der Waals surface area contributed by atoms with E-state index in [1.165, 1.54) is 12.1 Å². The van der Waals surface area contributed by atoms with Crippen LogP contribution < -0.4 is 21.5 Å². The van der Waals surface area contributed by atoms with Crippen molar-refractivity contribution >= 4 is 46.4 Å². The van der Waals surface area contributed by atoms with Crippen LogP contribution in [0.5, 0.6) is 0 Å². The van der Waals surface area contributed by atoms with E-state index in [2.05, 4.69) is 21.5 Å². The summed E-state index contributed by atoms with van der Waals surface area (Å²) in [6, 6.07) is 12.4. The molecule has 0 atom stereocenters. The quantitative estimate of drug-likeness (QED) is 0.463. The van der Waals surface area contributed by atoms with Gasteiger partial charge in [-0.1, -0.05) is 23.7 Å². The Morgan fingerprint density at radius 1 is 1.04 bits per heavy atom. The highest BCUT2D eigenvalue weighted by Crippen LogP contribution is 2.11. The number of thiocarbonyl (C=S) groups is 1. The van der Waals surface area contributed by atoms with Crippen LogP contribution in [0.3, 0.4) is 0 Å². The first kappa shape index (κ1) is 19.6. The molecule has 0 bridgehead atoms. The van der Waals surface area contributed by atoms with Gasteiger partial charge in [-0.25, -0.2) is 4.39 Å². The number of anilines is 1. The van der Waals surface area contributed by atoms with E-state index in [0.717, 1.165) is 0 Å². The first-order valence-electron chi connectivity index (χ1n) is 7.60. The molecule has 4 N–H and O–H groups in total. The highest BCUT2D eigenvalue weighted by molar-refractivity contribution is 7.80. The summed E-state index contributed by atoms with van der Waals surface area (Å²) in [6.07, 6.45) is 0.0364. The van der Waals surface area contributed by atoms with Gasteiger partial charge < -0.3 is 10.6 Å². The zero-order chi connectivity index (χ0) is 18.9. The fourth-order valence-corrected chi connectivity index (χ4v) is 2.18. The number of benzene rings is 2. The van der Waals surface area contributed by atoms with Crippen LogP contribution in [0.2, 0.25) is 5.02 Å². The molecule has 2 amide bonds. The number of hydrogen-bond acceptors (Lipinski definition) is 3. The van der Waals surface area contributed by atoms with E-state index in [4.69, 9.17) is 23.8 Å². The lowest BCUT2D eigenvalue weighted by atomic mass is 10.2. The maximum atomic E-state index is 13.5. The molecule has 0 aromatic heterocycles. The van der Waals surface area contributed by atoms with Gasteiger partial charge in [0, 0.05) is 23.6 Å². The molecule has 0 saturated heterocycles. The number of carbonyl (C=O) groups is 2. The maximum absolute atomic E-state index is 13.5. The number of amides is 2. The first-order valence-corrected chi connectivity index (χ1v) is 8.38. The highest BCUT2D eigenvalue weighted by Gasteiger charge is 2.07. The summed E-state index contributed by atoms with van der Waals surface area (Å²) in [5, 5.41) is 5.80. The van der Waals surface area contributed by atoms with Gasteiger partial charge in [0.05, 0.1) is 5.69 Å². The van der Waals surface area contributed by atoms with Crippen molar-refractivity contribution in [3.05, 3.63) is 64.9 Å². The van der Waals surface area contributed by atoms with Crippen molar-refractivity contribution in [1.29, 1.82) is 0 Å². The first-order chi connectivity index (χ1) is 12.5. The molecule has 0 spiro atoms. The summed E-state index contributed by atoms with van der Waals surface area (Å²) in [5.41, 5.74) is 5.46. The van der Waals surface area contributed by atoms with Crippen LogP contribution in [0.1, 0.15) is 16.8 Å². The number of hydrogen-bond donors (Lipinski definition) is 4. The van der Waals surface area contributed by atoms with Gasteiger partial charge in [0.1, 0.15) is 5.82 Å². The predicted molar refractivity (Wildman–Crippen MR) is 102 cm³/mol. The Kier molecular flexibility index (Phi) is 7.31. The van der Waals surface area contributed by atoms with Crippen molar-refractivity contribution in [2.45, 2.75) is 6.42 Å². The monoisotopic (exact) mass is 394 g/mol. The van der Waals surface area contributed by atoms with E-state index in [-0.39, 0.29) is 35.6 Å². The molecule has 0 aliphatic heterocycles. The van der Waals surface area contributed by atoms with Crippen LogP contribution in [0, 0.1) is 5.82 Å². The van der Waals surface area contributed by atoms with E-state index in [1.807, 2.05) is 0 Å². The zero-order valence-corrected chi connectivity index (χ0v) is 15.1. The molecule has 136 valence electrons. The summed E-state index contributed by atoms with van der Waals surface area (Å²) in [4.78, 5) is 23.6. The Morgan fingerprint density at radius 3 is 2.42 bits per heavy atom. The van der Waals surface area contributed by atoms with Gasteiger partial charge in [-0.3, -0.25) is 20.4 Å². The molecule has 0 saturated carbocycles. The third kappa shape index (κ3) is 6.30. The lowest BCUT2D eigenvalue weighted by Gasteiger charge is -2.12. The van der Waals surface area contributed by atoms with Crippen molar-refractivity contribution in [1.82, 2.24) is 16.2 Å².